The molecule has 1 aromatic rings. The second kappa shape index (κ2) is 6.57. The van der Waals surface area contributed by atoms with E-state index in [0.29, 0.717) is 32.1 Å². The number of hydrogen-bond acceptors (Lipinski definition) is 4. The molecule has 0 bridgehead atoms. The van der Waals surface area contributed by atoms with Crippen molar-refractivity contribution in [3.05, 3.63) is 29.8 Å². The van der Waals surface area contributed by atoms with Crippen LogP contribution in [0.2, 0.25) is 0 Å². The van der Waals surface area contributed by atoms with E-state index in [1.54, 1.807) is 7.11 Å². The molecule has 0 fully saturated rings. The summed E-state index contributed by atoms with van der Waals surface area (Å²) in [6.07, 6.45) is 0.621. The molecule has 4 heteroatoms. The Morgan fingerprint density at radius 2 is 2.20 bits per heavy atom. The molecular formula is C16H25NO3. The van der Waals surface area contributed by atoms with Crippen LogP contribution in [0.1, 0.15) is 31.9 Å². The molecule has 0 saturated carbocycles. The van der Waals surface area contributed by atoms with Crippen LogP contribution in [0.5, 0.6) is 5.75 Å². The van der Waals surface area contributed by atoms with E-state index < -0.39 is 5.60 Å². The Kier molecular flexibility index (Phi) is 5.02. The van der Waals surface area contributed by atoms with Gasteiger partial charge in [0, 0.05) is 44.2 Å². The van der Waals surface area contributed by atoms with Crippen LogP contribution in [-0.2, 0) is 4.74 Å². The first-order chi connectivity index (χ1) is 9.53. The zero-order valence-corrected chi connectivity index (χ0v) is 12.6. The SMILES string of the molecule is COCCC(C)(O)CNC1c2ccccc2OCC1C. The van der Waals surface area contributed by atoms with Crippen LogP contribution in [-0.4, -0.2) is 37.6 Å². The number of rotatable bonds is 6. The summed E-state index contributed by atoms with van der Waals surface area (Å²) in [5, 5.41) is 13.8. The third kappa shape index (κ3) is 3.72. The molecule has 0 aromatic heterocycles. The number of benzene rings is 1. The average molecular weight is 279 g/mol. The highest BCUT2D eigenvalue weighted by Crippen LogP contribution is 2.35. The lowest BCUT2D eigenvalue weighted by Gasteiger charge is -2.34. The molecule has 1 heterocycles. The Bertz CT molecular complexity index is 433. The van der Waals surface area contributed by atoms with Gasteiger partial charge in [0.25, 0.3) is 0 Å². The van der Waals surface area contributed by atoms with Crippen molar-refractivity contribution >= 4 is 0 Å². The highest BCUT2D eigenvalue weighted by atomic mass is 16.5. The summed E-state index contributed by atoms with van der Waals surface area (Å²) in [4.78, 5) is 0. The van der Waals surface area contributed by atoms with Crippen molar-refractivity contribution in [3.8, 4) is 5.75 Å². The number of hydrogen-bond donors (Lipinski definition) is 2. The van der Waals surface area contributed by atoms with E-state index in [-0.39, 0.29) is 6.04 Å². The molecule has 0 radical (unpaired) electrons. The van der Waals surface area contributed by atoms with E-state index in [2.05, 4.69) is 18.3 Å². The van der Waals surface area contributed by atoms with Gasteiger partial charge in [0.05, 0.1) is 12.2 Å². The van der Waals surface area contributed by atoms with Crippen molar-refractivity contribution in [3.63, 3.8) is 0 Å². The molecule has 0 spiro atoms. The fourth-order valence-electron chi connectivity index (χ4n) is 2.54. The molecular weight excluding hydrogens is 254 g/mol. The molecule has 2 N–H and O–H groups in total. The Morgan fingerprint density at radius 3 is 2.95 bits per heavy atom. The quantitative estimate of drug-likeness (QED) is 0.837. The summed E-state index contributed by atoms with van der Waals surface area (Å²) in [6, 6.07) is 8.32. The van der Waals surface area contributed by atoms with Gasteiger partial charge in [-0.2, -0.15) is 0 Å². The van der Waals surface area contributed by atoms with Crippen LogP contribution in [0.15, 0.2) is 24.3 Å². The molecule has 0 amide bonds. The van der Waals surface area contributed by atoms with E-state index in [4.69, 9.17) is 9.47 Å². The van der Waals surface area contributed by atoms with Gasteiger partial charge >= 0.3 is 0 Å². The Hall–Kier alpha value is -1.10. The zero-order valence-electron chi connectivity index (χ0n) is 12.6. The lowest BCUT2D eigenvalue weighted by atomic mass is 9.91. The summed E-state index contributed by atoms with van der Waals surface area (Å²) in [6.45, 7) is 5.82. The summed E-state index contributed by atoms with van der Waals surface area (Å²) in [5.41, 5.74) is 0.414. The van der Waals surface area contributed by atoms with E-state index in [0.717, 1.165) is 5.75 Å². The van der Waals surface area contributed by atoms with Gasteiger partial charge in [-0.3, -0.25) is 0 Å². The van der Waals surface area contributed by atoms with Crippen LogP contribution in [0, 0.1) is 5.92 Å². The van der Waals surface area contributed by atoms with E-state index in [1.807, 2.05) is 25.1 Å². The van der Waals surface area contributed by atoms with Crippen LogP contribution in [0.4, 0.5) is 0 Å². The van der Waals surface area contributed by atoms with Gasteiger partial charge < -0.3 is 19.9 Å². The summed E-state index contributed by atoms with van der Waals surface area (Å²) >= 11 is 0. The number of methoxy groups -OCH3 is 1. The smallest absolute Gasteiger partial charge is 0.124 e. The second-order valence-electron chi connectivity index (χ2n) is 5.92. The Morgan fingerprint density at radius 1 is 1.45 bits per heavy atom. The topological polar surface area (TPSA) is 50.7 Å². The largest absolute Gasteiger partial charge is 0.493 e. The molecule has 2 rings (SSSR count). The number of para-hydroxylation sites is 1. The Balaban J connectivity index is 2.02. The molecule has 4 nitrogen and oxygen atoms in total. The van der Waals surface area contributed by atoms with Crippen molar-refractivity contribution < 1.29 is 14.6 Å². The normalized spacial score (nSPS) is 24.6. The first kappa shape index (κ1) is 15.3. The minimum absolute atomic E-state index is 0.217. The van der Waals surface area contributed by atoms with Crippen LogP contribution in [0.25, 0.3) is 0 Å². The van der Waals surface area contributed by atoms with Gasteiger partial charge in [-0.05, 0) is 13.0 Å². The maximum absolute atomic E-state index is 10.3. The van der Waals surface area contributed by atoms with Crippen LogP contribution >= 0.6 is 0 Å². The minimum atomic E-state index is -0.761. The maximum Gasteiger partial charge on any atom is 0.124 e. The van der Waals surface area contributed by atoms with Crippen LogP contribution < -0.4 is 10.1 Å². The van der Waals surface area contributed by atoms with Crippen molar-refractivity contribution in [1.82, 2.24) is 5.32 Å². The third-order valence-electron chi connectivity index (χ3n) is 3.87. The molecule has 1 aromatic carbocycles. The van der Waals surface area contributed by atoms with Crippen molar-refractivity contribution in [2.45, 2.75) is 31.9 Å². The standard InChI is InChI=1S/C16H25NO3/c1-12-10-20-14-7-5-4-6-13(14)15(12)17-11-16(2,18)8-9-19-3/h4-7,12,15,17-18H,8-11H2,1-3H3. The average Bonchev–Trinajstić information content (AvgIpc) is 2.44. The summed E-state index contributed by atoms with van der Waals surface area (Å²) < 4.78 is 10.8. The second-order valence-corrected chi connectivity index (χ2v) is 5.92. The summed E-state index contributed by atoms with van der Waals surface area (Å²) in [7, 11) is 1.65. The first-order valence-corrected chi connectivity index (χ1v) is 7.20. The molecule has 0 saturated heterocycles. The maximum atomic E-state index is 10.3. The van der Waals surface area contributed by atoms with Crippen molar-refractivity contribution in [2.24, 2.45) is 5.92 Å². The third-order valence-corrected chi connectivity index (χ3v) is 3.87. The predicted octanol–water partition coefficient (Wildman–Crippen LogP) is 2.13. The number of ether oxygens (including phenoxy) is 2. The molecule has 1 aliphatic heterocycles. The number of aliphatic hydroxyl groups is 1. The highest BCUT2D eigenvalue weighted by molar-refractivity contribution is 5.37. The lowest BCUT2D eigenvalue weighted by molar-refractivity contribution is 0.0193. The van der Waals surface area contributed by atoms with Crippen LogP contribution in [0.3, 0.4) is 0 Å². The molecule has 1 aliphatic rings. The van der Waals surface area contributed by atoms with Gasteiger partial charge in [-0.25, -0.2) is 0 Å². The van der Waals surface area contributed by atoms with E-state index in [9.17, 15) is 5.11 Å². The fourth-order valence-corrected chi connectivity index (χ4v) is 2.54. The van der Waals surface area contributed by atoms with E-state index >= 15 is 0 Å². The number of fused-ring (bicyclic) bond motifs is 1. The first-order valence-electron chi connectivity index (χ1n) is 7.20. The molecule has 112 valence electrons. The minimum Gasteiger partial charge on any atom is -0.493 e. The van der Waals surface area contributed by atoms with Gasteiger partial charge in [0.1, 0.15) is 5.75 Å². The molecule has 0 aliphatic carbocycles. The monoisotopic (exact) mass is 279 g/mol. The molecule has 20 heavy (non-hydrogen) atoms. The fraction of sp³-hybridized carbons (Fsp3) is 0.625. The number of nitrogens with one attached hydrogen (secondary N) is 1. The zero-order chi connectivity index (χ0) is 14.6. The van der Waals surface area contributed by atoms with E-state index in [1.165, 1.54) is 5.56 Å². The van der Waals surface area contributed by atoms with Crippen molar-refractivity contribution in [2.75, 3.05) is 26.9 Å². The van der Waals surface area contributed by atoms with Gasteiger partial charge in [0.15, 0.2) is 0 Å². The highest BCUT2D eigenvalue weighted by Gasteiger charge is 2.29. The molecule has 3 atom stereocenters. The van der Waals surface area contributed by atoms with Crippen molar-refractivity contribution in [1.29, 1.82) is 0 Å². The van der Waals surface area contributed by atoms with Gasteiger partial charge in [0.2, 0.25) is 0 Å². The summed E-state index contributed by atoms with van der Waals surface area (Å²) in [5.74, 6) is 1.32. The Labute approximate surface area is 121 Å². The van der Waals surface area contributed by atoms with Gasteiger partial charge in [-0.15, -0.1) is 0 Å². The predicted molar refractivity (Wildman–Crippen MR) is 79.0 cm³/mol. The van der Waals surface area contributed by atoms with Gasteiger partial charge in [-0.1, -0.05) is 25.1 Å². The molecule has 3 unspecified atom stereocenters. The lowest BCUT2D eigenvalue weighted by Crippen LogP contribution is -2.43.